The standard InChI is InChI=1S/C78H124N6/c1-61(2)25-17-53-79(54-18-26-62(3)4)69-33-41-73(42-34-69)83(74-43-35-70(36-44-74)80(55-19-27-63(5)6)56-20-28-64(7)8)77-49-51-78(52-50-77)84(75-45-37-71(38-46-75)81(57-21-29-65(9)10)58-22-30-66(11)12)76-47-39-72(40-48-76)82(59-23-31-67(13)14)60-24-32-68(15)16/h33-52,61-68H,17-32,53-60H2,1-16H3. The Balaban J connectivity index is 1.60. The molecule has 84 heavy (non-hydrogen) atoms. The minimum Gasteiger partial charge on any atom is -0.372 e. The lowest BCUT2D eigenvalue weighted by Crippen LogP contribution is -2.26. The van der Waals surface area contributed by atoms with Gasteiger partial charge in [-0.15, -0.1) is 0 Å². The number of benzene rings is 5. The van der Waals surface area contributed by atoms with Gasteiger partial charge in [0.05, 0.1) is 0 Å². The molecule has 0 aliphatic carbocycles. The van der Waals surface area contributed by atoms with Gasteiger partial charge in [-0.1, -0.05) is 111 Å². The normalized spacial score (nSPS) is 11.9. The molecular weight excluding hydrogens is 1020 g/mol. The van der Waals surface area contributed by atoms with Crippen LogP contribution in [-0.4, -0.2) is 52.4 Å². The Labute approximate surface area is 518 Å². The molecule has 5 rings (SSSR count). The lowest BCUT2D eigenvalue weighted by Gasteiger charge is -2.31. The third kappa shape index (κ3) is 25.1. The summed E-state index contributed by atoms with van der Waals surface area (Å²) in [7, 11) is 0. The van der Waals surface area contributed by atoms with E-state index in [1.165, 1.54) is 148 Å². The van der Waals surface area contributed by atoms with Gasteiger partial charge >= 0.3 is 0 Å². The van der Waals surface area contributed by atoms with Gasteiger partial charge in [-0.25, -0.2) is 0 Å². The first kappa shape index (κ1) is 69.7. The molecule has 0 bridgehead atoms. The van der Waals surface area contributed by atoms with E-state index in [-0.39, 0.29) is 0 Å². The summed E-state index contributed by atoms with van der Waals surface area (Å²) in [6.07, 6.45) is 19.8. The minimum atomic E-state index is 0.713. The van der Waals surface area contributed by atoms with E-state index in [9.17, 15) is 0 Å². The molecule has 0 atom stereocenters. The molecule has 0 heterocycles. The molecule has 5 aromatic carbocycles. The van der Waals surface area contributed by atoms with Crippen molar-refractivity contribution in [1.29, 1.82) is 0 Å². The van der Waals surface area contributed by atoms with Gasteiger partial charge in [0.25, 0.3) is 0 Å². The number of hydrogen-bond acceptors (Lipinski definition) is 6. The largest absolute Gasteiger partial charge is 0.372 e. The molecule has 5 aromatic rings. The fourth-order valence-corrected chi connectivity index (χ4v) is 11.9. The van der Waals surface area contributed by atoms with Gasteiger partial charge in [0.1, 0.15) is 0 Å². The van der Waals surface area contributed by atoms with Crippen molar-refractivity contribution < 1.29 is 0 Å². The average molecular weight is 1150 g/mol. The summed E-state index contributed by atoms with van der Waals surface area (Å²) in [5.41, 5.74) is 12.3. The summed E-state index contributed by atoms with van der Waals surface area (Å²) in [6, 6.07) is 47.5. The lowest BCUT2D eigenvalue weighted by molar-refractivity contribution is 0.525. The van der Waals surface area contributed by atoms with E-state index in [1.54, 1.807) is 0 Å². The summed E-state index contributed by atoms with van der Waals surface area (Å²) in [5, 5.41) is 0. The molecule has 0 spiro atoms. The first-order valence-corrected chi connectivity index (χ1v) is 34.4. The van der Waals surface area contributed by atoms with Crippen molar-refractivity contribution in [3.63, 3.8) is 0 Å². The molecule has 0 saturated heterocycles. The third-order valence-corrected chi connectivity index (χ3v) is 16.9. The third-order valence-electron chi connectivity index (χ3n) is 16.9. The molecule has 0 fully saturated rings. The number of nitrogens with zero attached hydrogens (tertiary/aromatic N) is 6. The highest BCUT2D eigenvalue weighted by Gasteiger charge is 2.20. The van der Waals surface area contributed by atoms with Crippen LogP contribution in [0.1, 0.15) is 214 Å². The summed E-state index contributed by atoms with van der Waals surface area (Å²) < 4.78 is 0. The number of rotatable bonds is 42. The summed E-state index contributed by atoms with van der Waals surface area (Å²) in [5.74, 6) is 5.71. The zero-order valence-electron chi connectivity index (χ0n) is 56.8. The van der Waals surface area contributed by atoms with Crippen LogP contribution in [-0.2, 0) is 0 Å². The molecule has 0 radical (unpaired) electrons. The van der Waals surface area contributed by atoms with Crippen LogP contribution in [0.15, 0.2) is 121 Å². The Kier molecular flexibility index (Phi) is 31.1. The van der Waals surface area contributed by atoms with Crippen molar-refractivity contribution in [1.82, 2.24) is 0 Å². The Morgan fingerprint density at radius 2 is 0.286 bits per heavy atom. The minimum absolute atomic E-state index is 0.713. The number of anilines is 10. The predicted octanol–water partition coefficient (Wildman–Crippen LogP) is 23.3. The molecule has 466 valence electrons. The van der Waals surface area contributed by atoms with Crippen molar-refractivity contribution in [3.8, 4) is 0 Å². The van der Waals surface area contributed by atoms with Crippen LogP contribution in [0.2, 0.25) is 0 Å². The topological polar surface area (TPSA) is 19.4 Å². The fraction of sp³-hybridized carbons (Fsp3) is 0.615. The molecule has 0 amide bonds. The second-order valence-corrected chi connectivity index (χ2v) is 28.5. The molecule has 0 saturated carbocycles. The Bertz CT molecular complexity index is 2070. The monoisotopic (exact) mass is 1140 g/mol. The van der Waals surface area contributed by atoms with Crippen LogP contribution in [0.25, 0.3) is 0 Å². The summed E-state index contributed by atoms with van der Waals surface area (Å²) in [6.45, 7) is 46.4. The van der Waals surface area contributed by atoms with E-state index in [1.807, 2.05) is 0 Å². The lowest BCUT2D eigenvalue weighted by atomic mass is 10.1. The van der Waals surface area contributed by atoms with Crippen LogP contribution in [0.5, 0.6) is 0 Å². The van der Waals surface area contributed by atoms with Gasteiger partial charge in [0.15, 0.2) is 0 Å². The van der Waals surface area contributed by atoms with Crippen molar-refractivity contribution in [2.75, 3.05) is 81.8 Å². The quantitative estimate of drug-likeness (QED) is 0.0385. The predicted molar refractivity (Wildman–Crippen MR) is 377 cm³/mol. The average Bonchev–Trinajstić information content (AvgIpc) is 3.11. The maximum absolute atomic E-state index is 2.65. The maximum Gasteiger partial charge on any atom is 0.0463 e. The first-order chi connectivity index (χ1) is 40.3. The first-order valence-electron chi connectivity index (χ1n) is 34.4. The highest BCUT2D eigenvalue weighted by Crippen LogP contribution is 2.41. The van der Waals surface area contributed by atoms with Gasteiger partial charge in [-0.05, 0) is 271 Å². The van der Waals surface area contributed by atoms with Crippen LogP contribution in [0, 0.1) is 47.3 Å². The van der Waals surface area contributed by atoms with E-state index in [2.05, 4.69) is 262 Å². The van der Waals surface area contributed by atoms with Crippen LogP contribution >= 0.6 is 0 Å². The molecule has 0 aliphatic rings. The van der Waals surface area contributed by atoms with Gasteiger partial charge in [-0.3, -0.25) is 0 Å². The summed E-state index contributed by atoms with van der Waals surface area (Å²) >= 11 is 0. The van der Waals surface area contributed by atoms with Crippen molar-refractivity contribution in [2.45, 2.75) is 214 Å². The van der Waals surface area contributed by atoms with E-state index in [0.29, 0.717) is 47.3 Å². The van der Waals surface area contributed by atoms with Gasteiger partial charge in [-0.2, -0.15) is 0 Å². The molecule has 6 heteroatoms. The van der Waals surface area contributed by atoms with Gasteiger partial charge in [0.2, 0.25) is 0 Å². The van der Waals surface area contributed by atoms with Crippen LogP contribution < -0.4 is 29.4 Å². The SMILES string of the molecule is CC(C)CCCN(CCCC(C)C)c1ccc(N(c2ccc(N(CCCC(C)C)CCCC(C)C)cc2)c2ccc(N(c3ccc(N(CCCC(C)C)CCCC(C)C)cc3)c3ccc(N(CCCC(C)C)CCCC(C)C)cc3)cc2)cc1. The number of hydrogen-bond donors (Lipinski definition) is 0. The zero-order valence-corrected chi connectivity index (χ0v) is 56.8. The van der Waals surface area contributed by atoms with Gasteiger partial charge in [0, 0.05) is 109 Å². The zero-order chi connectivity index (χ0) is 61.0. The van der Waals surface area contributed by atoms with E-state index < -0.39 is 0 Å². The van der Waals surface area contributed by atoms with E-state index in [0.717, 1.165) is 63.7 Å². The molecule has 0 unspecified atom stereocenters. The smallest absolute Gasteiger partial charge is 0.0463 e. The van der Waals surface area contributed by atoms with Gasteiger partial charge < -0.3 is 29.4 Å². The molecule has 0 aliphatic heterocycles. The molecule has 0 aromatic heterocycles. The Hall–Kier alpha value is -5.10. The van der Waals surface area contributed by atoms with E-state index >= 15 is 0 Å². The highest BCUT2D eigenvalue weighted by molar-refractivity contribution is 5.82. The maximum atomic E-state index is 2.65. The molecule has 0 N–H and O–H groups in total. The van der Waals surface area contributed by atoms with Crippen molar-refractivity contribution in [3.05, 3.63) is 121 Å². The second kappa shape index (κ2) is 37.5. The molecule has 6 nitrogen and oxygen atoms in total. The van der Waals surface area contributed by atoms with Crippen molar-refractivity contribution in [2.24, 2.45) is 47.3 Å². The molecular formula is C78H124N6. The Morgan fingerprint density at radius 3 is 0.393 bits per heavy atom. The fourth-order valence-electron chi connectivity index (χ4n) is 11.9. The van der Waals surface area contributed by atoms with Crippen molar-refractivity contribution >= 4 is 56.9 Å². The van der Waals surface area contributed by atoms with E-state index in [4.69, 9.17) is 0 Å². The second-order valence-electron chi connectivity index (χ2n) is 28.5. The van der Waals surface area contributed by atoms with Crippen LogP contribution in [0.3, 0.4) is 0 Å². The van der Waals surface area contributed by atoms with Crippen LogP contribution in [0.4, 0.5) is 56.9 Å². The Morgan fingerprint density at radius 1 is 0.179 bits per heavy atom. The summed E-state index contributed by atoms with van der Waals surface area (Å²) in [4.78, 5) is 15.6. The highest BCUT2D eigenvalue weighted by atomic mass is 15.2.